The maximum absolute atomic E-state index is 13.0. The molecule has 1 amide bonds. The predicted molar refractivity (Wildman–Crippen MR) is 115 cm³/mol. The summed E-state index contributed by atoms with van der Waals surface area (Å²) in [6, 6.07) is 7.69. The van der Waals surface area contributed by atoms with Crippen LogP contribution in [0, 0.1) is 0 Å². The Morgan fingerprint density at radius 1 is 1.16 bits per heavy atom. The summed E-state index contributed by atoms with van der Waals surface area (Å²) in [7, 11) is 7.07. The molecule has 31 heavy (non-hydrogen) atoms. The molecule has 0 unspecified atom stereocenters. The van der Waals surface area contributed by atoms with E-state index >= 15 is 0 Å². The Hall–Kier alpha value is -3.39. The van der Waals surface area contributed by atoms with Crippen molar-refractivity contribution in [2.24, 2.45) is 0 Å². The number of carbonyl (C=O) groups excluding carboxylic acids is 2. The SMILES string of the molecule is COc1ccc(/C(O)=C2\C(=O)C(=O)N(CCC[NH+](C)C)[C@H]2c2cccnc2)cc1OC. The Balaban J connectivity index is 2.09. The number of quaternary nitrogens is 1. The minimum Gasteiger partial charge on any atom is -0.507 e. The van der Waals surface area contributed by atoms with E-state index in [1.165, 1.54) is 24.0 Å². The molecule has 8 nitrogen and oxygen atoms in total. The van der Waals surface area contributed by atoms with Gasteiger partial charge in [0.15, 0.2) is 11.5 Å². The summed E-state index contributed by atoms with van der Waals surface area (Å²) in [5.41, 5.74) is 1.07. The highest BCUT2D eigenvalue weighted by Gasteiger charge is 2.46. The summed E-state index contributed by atoms with van der Waals surface area (Å²) in [4.78, 5) is 32.8. The second kappa shape index (κ2) is 9.61. The van der Waals surface area contributed by atoms with E-state index in [4.69, 9.17) is 9.47 Å². The van der Waals surface area contributed by atoms with Gasteiger partial charge in [0, 0.05) is 30.9 Å². The quantitative estimate of drug-likeness (QED) is 0.372. The number of aliphatic hydroxyl groups excluding tert-OH is 1. The number of hydrogen-bond acceptors (Lipinski definition) is 6. The third kappa shape index (κ3) is 4.54. The summed E-state index contributed by atoms with van der Waals surface area (Å²) in [6.45, 7) is 1.25. The normalized spacial score (nSPS) is 18.0. The molecular weight excluding hydrogens is 398 g/mol. The fourth-order valence-corrected chi connectivity index (χ4v) is 3.74. The molecule has 2 heterocycles. The van der Waals surface area contributed by atoms with Crippen molar-refractivity contribution >= 4 is 17.4 Å². The van der Waals surface area contributed by atoms with Gasteiger partial charge in [0.1, 0.15) is 5.76 Å². The van der Waals surface area contributed by atoms with E-state index in [9.17, 15) is 14.7 Å². The maximum atomic E-state index is 13.0. The van der Waals surface area contributed by atoms with Gasteiger partial charge in [-0.1, -0.05) is 6.07 Å². The van der Waals surface area contributed by atoms with E-state index in [2.05, 4.69) is 4.98 Å². The third-order valence-corrected chi connectivity index (χ3v) is 5.27. The first-order chi connectivity index (χ1) is 14.9. The number of aliphatic hydroxyl groups is 1. The number of hydrogen-bond donors (Lipinski definition) is 2. The van der Waals surface area contributed by atoms with Gasteiger partial charge in [-0.05, 0) is 29.8 Å². The Morgan fingerprint density at radius 2 is 1.90 bits per heavy atom. The highest BCUT2D eigenvalue weighted by atomic mass is 16.5. The van der Waals surface area contributed by atoms with Gasteiger partial charge in [-0.2, -0.15) is 0 Å². The fourth-order valence-electron chi connectivity index (χ4n) is 3.74. The van der Waals surface area contributed by atoms with Gasteiger partial charge < -0.3 is 24.4 Å². The lowest BCUT2D eigenvalue weighted by molar-refractivity contribution is -0.858. The van der Waals surface area contributed by atoms with Crippen molar-refractivity contribution in [1.82, 2.24) is 9.88 Å². The van der Waals surface area contributed by atoms with Crippen molar-refractivity contribution in [3.8, 4) is 11.5 Å². The molecule has 0 radical (unpaired) electrons. The van der Waals surface area contributed by atoms with Crippen LogP contribution >= 0.6 is 0 Å². The Kier molecular flexibility index (Phi) is 6.91. The van der Waals surface area contributed by atoms with E-state index in [1.54, 1.807) is 42.7 Å². The lowest BCUT2D eigenvalue weighted by Gasteiger charge is -2.25. The van der Waals surface area contributed by atoms with Crippen LogP contribution in [-0.2, 0) is 9.59 Å². The van der Waals surface area contributed by atoms with E-state index in [0.29, 0.717) is 29.2 Å². The summed E-state index contributed by atoms with van der Waals surface area (Å²) in [6.07, 6.45) is 3.96. The van der Waals surface area contributed by atoms with Crippen molar-refractivity contribution in [3.63, 3.8) is 0 Å². The predicted octanol–water partition coefficient (Wildman–Crippen LogP) is 1.06. The molecular formula is C23H28N3O5+. The number of amides is 1. The number of nitrogens with zero attached hydrogens (tertiary/aromatic N) is 2. The van der Waals surface area contributed by atoms with Crippen LogP contribution in [0.4, 0.5) is 0 Å². The first-order valence-electron chi connectivity index (χ1n) is 10.1. The van der Waals surface area contributed by atoms with Gasteiger partial charge in [-0.25, -0.2) is 0 Å². The molecule has 1 aliphatic rings. The van der Waals surface area contributed by atoms with Crippen LogP contribution in [0.1, 0.15) is 23.6 Å². The second-order valence-corrected chi connectivity index (χ2v) is 7.66. The Morgan fingerprint density at radius 3 is 2.52 bits per heavy atom. The van der Waals surface area contributed by atoms with Crippen molar-refractivity contribution in [1.29, 1.82) is 0 Å². The number of benzene rings is 1. The molecule has 1 fully saturated rings. The molecule has 1 atom stereocenters. The van der Waals surface area contributed by atoms with E-state index in [-0.39, 0.29) is 11.3 Å². The number of carbonyl (C=O) groups is 2. The number of aromatic nitrogens is 1. The standard InChI is InChI=1S/C23H27N3O5/c1-25(2)11-6-12-26-20(16-7-5-10-24-14-16)19(22(28)23(26)29)21(27)15-8-9-17(30-3)18(13-15)31-4/h5,7-10,13-14,20,27H,6,11-12H2,1-4H3/p+1/b21-19+/t20-/m0/s1. The summed E-state index contributed by atoms with van der Waals surface area (Å²) >= 11 is 0. The van der Waals surface area contributed by atoms with Crippen molar-refractivity contribution < 1.29 is 29.1 Å². The summed E-state index contributed by atoms with van der Waals surface area (Å²) in [5.74, 6) is -0.681. The van der Waals surface area contributed by atoms with Gasteiger partial charge in [-0.3, -0.25) is 14.6 Å². The number of pyridine rings is 1. The average molecular weight is 426 g/mol. The molecule has 164 valence electrons. The zero-order chi connectivity index (χ0) is 22.5. The number of methoxy groups -OCH3 is 2. The van der Waals surface area contributed by atoms with Gasteiger partial charge in [0.05, 0.1) is 46.5 Å². The van der Waals surface area contributed by atoms with Crippen LogP contribution < -0.4 is 14.4 Å². The molecule has 8 heteroatoms. The monoisotopic (exact) mass is 426 g/mol. The third-order valence-electron chi connectivity index (χ3n) is 5.27. The Bertz CT molecular complexity index is 988. The minimum atomic E-state index is -0.710. The number of rotatable bonds is 8. The molecule has 1 aromatic heterocycles. The van der Waals surface area contributed by atoms with Gasteiger partial charge in [0.25, 0.3) is 11.7 Å². The van der Waals surface area contributed by atoms with Gasteiger partial charge in [-0.15, -0.1) is 0 Å². The van der Waals surface area contributed by atoms with Crippen LogP contribution in [0.5, 0.6) is 11.5 Å². The summed E-state index contributed by atoms with van der Waals surface area (Å²) in [5, 5.41) is 11.1. The van der Waals surface area contributed by atoms with E-state index in [0.717, 1.165) is 13.0 Å². The number of ketones is 1. The number of likely N-dealkylation sites (tertiary alicyclic amines) is 1. The molecule has 0 saturated carbocycles. The lowest BCUT2D eigenvalue weighted by Crippen LogP contribution is -3.05. The van der Waals surface area contributed by atoms with E-state index < -0.39 is 17.7 Å². The molecule has 3 rings (SSSR count). The van der Waals surface area contributed by atoms with E-state index in [1.807, 2.05) is 14.1 Å². The molecule has 1 aromatic carbocycles. The highest BCUT2D eigenvalue weighted by Crippen LogP contribution is 2.40. The van der Waals surface area contributed by atoms with Gasteiger partial charge in [0.2, 0.25) is 0 Å². The smallest absolute Gasteiger partial charge is 0.295 e. The Labute approximate surface area is 181 Å². The molecule has 2 aromatic rings. The molecule has 1 saturated heterocycles. The van der Waals surface area contributed by atoms with Crippen LogP contribution in [0.2, 0.25) is 0 Å². The highest BCUT2D eigenvalue weighted by molar-refractivity contribution is 6.46. The largest absolute Gasteiger partial charge is 0.507 e. The zero-order valence-electron chi connectivity index (χ0n) is 18.2. The molecule has 0 aliphatic carbocycles. The molecule has 0 spiro atoms. The van der Waals surface area contributed by atoms with Crippen LogP contribution in [-0.4, -0.2) is 68.1 Å². The first kappa shape index (κ1) is 22.3. The van der Waals surface area contributed by atoms with Crippen LogP contribution in [0.3, 0.4) is 0 Å². The van der Waals surface area contributed by atoms with Crippen LogP contribution in [0.15, 0.2) is 48.3 Å². The maximum Gasteiger partial charge on any atom is 0.295 e. The molecule has 1 aliphatic heterocycles. The first-order valence-corrected chi connectivity index (χ1v) is 10.1. The van der Waals surface area contributed by atoms with Crippen molar-refractivity contribution in [3.05, 3.63) is 59.4 Å². The molecule has 0 bridgehead atoms. The van der Waals surface area contributed by atoms with Crippen LogP contribution in [0.25, 0.3) is 5.76 Å². The van der Waals surface area contributed by atoms with Crippen molar-refractivity contribution in [2.75, 3.05) is 41.4 Å². The van der Waals surface area contributed by atoms with Crippen molar-refractivity contribution in [2.45, 2.75) is 12.5 Å². The number of nitrogens with one attached hydrogen (secondary N) is 1. The number of Topliss-reactive ketones (excluding diaryl/α,β-unsaturated/α-hetero) is 1. The topological polar surface area (TPSA) is 93.4 Å². The fraction of sp³-hybridized carbons (Fsp3) is 0.348. The average Bonchev–Trinajstić information content (AvgIpc) is 3.03. The lowest BCUT2D eigenvalue weighted by atomic mass is 9.96. The zero-order valence-corrected chi connectivity index (χ0v) is 18.2. The molecule has 2 N–H and O–H groups in total. The summed E-state index contributed by atoms with van der Waals surface area (Å²) < 4.78 is 10.6. The number of ether oxygens (including phenoxy) is 2. The van der Waals surface area contributed by atoms with Gasteiger partial charge >= 0.3 is 0 Å². The minimum absolute atomic E-state index is 0.0439. The second-order valence-electron chi connectivity index (χ2n) is 7.66.